The maximum Gasteiger partial charge on any atom is 0.341 e. The molecule has 2 aromatic heterocycles. The van der Waals surface area contributed by atoms with Crippen LogP contribution in [0.3, 0.4) is 0 Å². The standard InChI is InChI=1S/C26H31ClN4O4S2/c1-4-31-21(10-7-13-35-19-12-11-17(27)14-16(19)2)29-30-26(31)36-15-22(32)28-24-23(25(33)34-3)18-8-5-6-9-20(18)37-24/h11-12,14H,4-10,13,15H2,1-3H3,(H,28,32). The Labute approximate surface area is 230 Å². The second-order valence-electron chi connectivity index (χ2n) is 8.75. The molecule has 1 N–H and O–H groups in total. The number of carbonyl (C=O) groups excluding carboxylic acids is 2. The van der Waals surface area contributed by atoms with Gasteiger partial charge in [-0.05, 0) is 75.3 Å². The molecule has 198 valence electrons. The molecule has 1 aromatic carbocycles. The van der Waals surface area contributed by atoms with E-state index in [1.807, 2.05) is 36.6 Å². The molecule has 37 heavy (non-hydrogen) atoms. The van der Waals surface area contributed by atoms with Crippen LogP contribution in [0.4, 0.5) is 5.00 Å². The number of fused-ring (bicyclic) bond motifs is 1. The van der Waals surface area contributed by atoms with E-state index < -0.39 is 5.97 Å². The number of hydrogen-bond donors (Lipinski definition) is 1. The van der Waals surface area contributed by atoms with Gasteiger partial charge >= 0.3 is 5.97 Å². The molecule has 1 amide bonds. The van der Waals surface area contributed by atoms with Crippen LogP contribution >= 0.6 is 34.7 Å². The average Bonchev–Trinajstić information content (AvgIpc) is 3.46. The normalized spacial score (nSPS) is 12.8. The van der Waals surface area contributed by atoms with Crippen LogP contribution in [-0.2, 0) is 35.3 Å². The van der Waals surface area contributed by atoms with Crippen LogP contribution in [0.25, 0.3) is 0 Å². The number of anilines is 1. The Morgan fingerprint density at radius 2 is 2.05 bits per heavy atom. The number of thiophene rings is 1. The molecular formula is C26H31ClN4O4S2. The largest absolute Gasteiger partial charge is 0.493 e. The lowest BCUT2D eigenvalue weighted by molar-refractivity contribution is -0.113. The Balaban J connectivity index is 1.32. The number of aryl methyl sites for hydroxylation is 3. The number of carbonyl (C=O) groups is 2. The number of esters is 1. The van der Waals surface area contributed by atoms with Crippen molar-refractivity contribution in [1.82, 2.24) is 14.8 Å². The van der Waals surface area contributed by atoms with E-state index in [0.717, 1.165) is 54.8 Å². The molecule has 3 aromatic rings. The smallest absolute Gasteiger partial charge is 0.341 e. The summed E-state index contributed by atoms with van der Waals surface area (Å²) in [5.74, 6) is 1.27. The number of nitrogens with zero attached hydrogens (tertiary/aromatic N) is 3. The van der Waals surface area contributed by atoms with Crippen LogP contribution in [0.5, 0.6) is 5.75 Å². The summed E-state index contributed by atoms with van der Waals surface area (Å²) in [4.78, 5) is 26.4. The highest BCUT2D eigenvalue weighted by Crippen LogP contribution is 2.38. The van der Waals surface area contributed by atoms with Gasteiger partial charge in [-0.25, -0.2) is 4.79 Å². The predicted octanol–water partition coefficient (Wildman–Crippen LogP) is 5.73. The highest BCUT2D eigenvalue weighted by atomic mass is 35.5. The lowest BCUT2D eigenvalue weighted by atomic mass is 9.95. The van der Waals surface area contributed by atoms with Crippen LogP contribution in [0.2, 0.25) is 5.02 Å². The van der Waals surface area contributed by atoms with Gasteiger partial charge in [0, 0.05) is 22.9 Å². The number of methoxy groups -OCH3 is 1. The molecule has 0 unspecified atom stereocenters. The summed E-state index contributed by atoms with van der Waals surface area (Å²) in [6.07, 6.45) is 5.40. The van der Waals surface area contributed by atoms with Gasteiger partial charge < -0.3 is 19.4 Å². The van der Waals surface area contributed by atoms with E-state index in [0.29, 0.717) is 40.3 Å². The summed E-state index contributed by atoms with van der Waals surface area (Å²) in [7, 11) is 1.37. The highest BCUT2D eigenvalue weighted by Gasteiger charge is 2.27. The van der Waals surface area contributed by atoms with Crippen molar-refractivity contribution in [3.05, 3.63) is 50.6 Å². The number of hydrogen-bond acceptors (Lipinski definition) is 8. The van der Waals surface area contributed by atoms with Crippen LogP contribution in [-0.4, -0.2) is 46.1 Å². The maximum atomic E-state index is 12.8. The van der Waals surface area contributed by atoms with Crippen molar-refractivity contribution in [2.45, 2.75) is 64.1 Å². The monoisotopic (exact) mass is 562 g/mol. The quantitative estimate of drug-likeness (QED) is 0.181. The lowest BCUT2D eigenvalue weighted by Crippen LogP contribution is -2.17. The van der Waals surface area contributed by atoms with Gasteiger partial charge in [0.1, 0.15) is 16.6 Å². The van der Waals surface area contributed by atoms with E-state index >= 15 is 0 Å². The van der Waals surface area contributed by atoms with Crippen molar-refractivity contribution in [1.29, 1.82) is 0 Å². The molecule has 0 atom stereocenters. The molecule has 1 aliphatic carbocycles. The zero-order chi connectivity index (χ0) is 26.4. The van der Waals surface area contributed by atoms with Gasteiger partial charge in [0.25, 0.3) is 0 Å². The zero-order valence-corrected chi connectivity index (χ0v) is 23.7. The third kappa shape index (κ3) is 6.66. The van der Waals surface area contributed by atoms with Crippen LogP contribution in [0, 0.1) is 6.92 Å². The second-order valence-corrected chi connectivity index (χ2v) is 11.2. The van der Waals surface area contributed by atoms with E-state index in [1.54, 1.807) is 0 Å². The Morgan fingerprint density at radius 3 is 2.81 bits per heavy atom. The minimum absolute atomic E-state index is 0.167. The molecule has 0 saturated carbocycles. The molecule has 2 heterocycles. The first-order valence-electron chi connectivity index (χ1n) is 12.4. The van der Waals surface area contributed by atoms with Crippen molar-refractivity contribution >= 4 is 51.6 Å². The van der Waals surface area contributed by atoms with Crippen molar-refractivity contribution in [2.75, 3.05) is 24.8 Å². The molecule has 1 aliphatic rings. The van der Waals surface area contributed by atoms with Crippen molar-refractivity contribution < 1.29 is 19.1 Å². The molecule has 0 spiro atoms. The minimum atomic E-state index is -0.395. The molecule has 0 aliphatic heterocycles. The molecule has 8 nitrogen and oxygen atoms in total. The topological polar surface area (TPSA) is 95.3 Å². The fourth-order valence-corrected chi connectivity index (χ4v) is 6.72. The number of nitrogens with one attached hydrogen (secondary N) is 1. The summed E-state index contributed by atoms with van der Waals surface area (Å²) >= 11 is 8.83. The Hall–Kier alpha value is -2.56. The first-order chi connectivity index (χ1) is 17.9. The number of rotatable bonds is 11. The molecule has 0 radical (unpaired) electrons. The molecule has 0 saturated heterocycles. The van der Waals surface area contributed by atoms with Gasteiger partial charge in [0.15, 0.2) is 5.16 Å². The highest BCUT2D eigenvalue weighted by molar-refractivity contribution is 7.99. The first kappa shape index (κ1) is 27.5. The molecular weight excluding hydrogens is 532 g/mol. The fraction of sp³-hybridized carbons (Fsp3) is 0.462. The number of benzene rings is 1. The number of aromatic nitrogens is 3. The summed E-state index contributed by atoms with van der Waals surface area (Å²) < 4.78 is 12.9. The fourth-order valence-electron chi connectivity index (χ4n) is 4.38. The van der Waals surface area contributed by atoms with Gasteiger partial charge in [-0.1, -0.05) is 23.4 Å². The van der Waals surface area contributed by atoms with Gasteiger partial charge in [-0.2, -0.15) is 0 Å². The van der Waals surface area contributed by atoms with Crippen molar-refractivity contribution in [2.24, 2.45) is 0 Å². The zero-order valence-electron chi connectivity index (χ0n) is 21.3. The van der Waals surface area contributed by atoms with E-state index in [4.69, 9.17) is 21.1 Å². The first-order valence-corrected chi connectivity index (χ1v) is 14.6. The molecule has 0 bridgehead atoms. The Morgan fingerprint density at radius 1 is 1.24 bits per heavy atom. The third-order valence-electron chi connectivity index (χ3n) is 6.20. The third-order valence-corrected chi connectivity index (χ3v) is 8.60. The molecule has 0 fully saturated rings. The van der Waals surface area contributed by atoms with Crippen LogP contribution in [0.1, 0.15) is 58.4 Å². The SMILES string of the molecule is CCn1c(CCCOc2ccc(Cl)cc2C)nnc1SCC(=O)Nc1sc2c(c1C(=O)OC)CCCC2. The van der Waals surface area contributed by atoms with Gasteiger partial charge in [0.2, 0.25) is 5.91 Å². The number of thioether (sulfide) groups is 1. The lowest BCUT2D eigenvalue weighted by Gasteiger charge is -2.11. The summed E-state index contributed by atoms with van der Waals surface area (Å²) in [5, 5.41) is 13.6. The van der Waals surface area contributed by atoms with Gasteiger partial charge in [0.05, 0.1) is 25.0 Å². The second kappa shape index (κ2) is 12.8. The summed E-state index contributed by atoms with van der Waals surface area (Å²) in [6, 6.07) is 5.58. The Kier molecular flexibility index (Phi) is 9.50. The van der Waals surface area contributed by atoms with E-state index in [2.05, 4.69) is 15.5 Å². The predicted molar refractivity (Wildman–Crippen MR) is 147 cm³/mol. The number of amides is 1. The van der Waals surface area contributed by atoms with E-state index in [9.17, 15) is 9.59 Å². The number of halogens is 1. The van der Waals surface area contributed by atoms with E-state index in [1.165, 1.54) is 35.1 Å². The van der Waals surface area contributed by atoms with Crippen LogP contribution in [0.15, 0.2) is 23.4 Å². The van der Waals surface area contributed by atoms with Gasteiger partial charge in [-0.3, -0.25) is 4.79 Å². The van der Waals surface area contributed by atoms with E-state index in [-0.39, 0.29) is 11.7 Å². The summed E-state index contributed by atoms with van der Waals surface area (Å²) in [5.41, 5.74) is 2.54. The molecule has 11 heteroatoms. The van der Waals surface area contributed by atoms with Crippen molar-refractivity contribution in [3.63, 3.8) is 0 Å². The van der Waals surface area contributed by atoms with Crippen molar-refractivity contribution in [3.8, 4) is 5.75 Å². The van der Waals surface area contributed by atoms with Crippen LogP contribution < -0.4 is 10.1 Å². The van der Waals surface area contributed by atoms with Gasteiger partial charge in [-0.15, -0.1) is 21.5 Å². The maximum absolute atomic E-state index is 12.8. The average molecular weight is 563 g/mol. The summed E-state index contributed by atoms with van der Waals surface area (Å²) in [6.45, 7) is 5.26. The molecule has 4 rings (SSSR count). The number of ether oxygens (including phenoxy) is 2. The Bertz CT molecular complexity index is 1270. The minimum Gasteiger partial charge on any atom is -0.493 e.